The first kappa shape index (κ1) is 30.8. The van der Waals surface area contributed by atoms with Crippen LogP contribution in [0.3, 0.4) is 0 Å². The maximum absolute atomic E-state index is 10.6. The van der Waals surface area contributed by atoms with E-state index in [0.717, 1.165) is 22.3 Å². The molecule has 0 atom stereocenters. The molecule has 1 N–H and O–H groups in total. The Balaban J connectivity index is 2.95. The Bertz CT molecular complexity index is 1000. The highest BCUT2D eigenvalue weighted by Crippen LogP contribution is 2.51. The largest absolute Gasteiger partial charge is 0.543 e. The van der Waals surface area contributed by atoms with Gasteiger partial charge in [0.1, 0.15) is 22.3 Å². The molecule has 7 heteroatoms. The van der Waals surface area contributed by atoms with Gasteiger partial charge < -0.3 is 18.7 Å². The number of ether oxygens (including phenoxy) is 1. The van der Waals surface area contributed by atoms with Crippen LogP contribution < -0.4 is 13.6 Å². The molecule has 36 heavy (non-hydrogen) atoms. The van der Waals surface area contributed by atoms with Crippen LogP contribution in [0.5, 0.6) is 23.0 Å². The van der Waals surface area contributed by atoms with E-state index in [-0.39, 0.29) is 10.8 Å². The number of fused-ring (bicyclic) bond motifs is 1. The van der Waals surface area contributed by atoms with Crippen molar-refractivity contribution in [1.29, 1.82) is 0 Å². The van der Waals surface area contributed by atoms with Crippen molar-refractivity contribution in [3.8, 4) is 23.0 Å². The molecule has 0 amide bonds. The Labute approximate surface area is 226 Å². The second-order valence-electron chi connectivity index (χ2n) is 12.1. The third-order valence-corrected chi connectivity index (χ3v) is 20.6. The summed E-state index contributed by atoms with van der Waals surface area (Å²) in [6, 6.07) is 5.77. The summed E-state index contributed by atoms with van der Waals surface area (Å²) in [7, 11) is -2.93. The second kappa shape index (κ2) is 11.6. The molecule has 0 spiro atoms. The number of aromatic hydroxyl groups is 1. The highest BCUT2D eigenvalue weighted by Gasteiger charge is 2.49. The van der Waals surface area contributed by atoms with Gasteiger partial charge in [0.2, 0.25) is 0 Å². The number of phenolic OH excluding ortho intramolecular Hbond substituents is 1. The average Bonchev–Trinajstić information content (AvgIpc) is 2.75. The van der Waals surface area contributed by atoms with Gasteiger partial charge in [0, 0.05) is 6.07 Å². The number of phenols is 1. The van der Waals surface area contributed by atoms with E-state index in [1.165, 1.54) is 0 Å². The van der Waals surface area contributed by atoms with Crippen LogP contribution >= 0.6 is 11.6 Å². The van der Waals surface area contributed by atoms with Gasteiger partial charge in [0.25, 0.3) is 16.6 Å². The first-order valence-electron chi connectivity index (χ1n) is 13.5. The zero-order valence-electron chi connectivity index (χ0n) is 24.7. The molecule has 0 saturated heterocycles. The SMILES string of the molecule is COc1c(Cl)c(O)cc2cc(O[Si](C(C)C)(C(C)C)C(C)C)cc(O[Si](C(C)C)(C(C)C)C(C)C)c12. The van der Waals surface area contributed by atoms with E-state index in [2.05, 4.69) is 89.2 Å². The van der Waals surface area contributed by atoms with Crippen LogP contribution in [0.4, 0.5) is 0 Å². The van der Waals surface area contributed by atoms with Gasteiger partial charge in [-0.3, -0.25) is 0 Å². The fraction of sp³-hybridized carbons (Fsp3) is 0.655. The standard InChI is InChI=1S/C29H49ClO4Si2/c1-17(2)35(18(3)4,19(5)6)33-24-14-23-15-25(31)28(30)29(32-13)27(23)26(16-24)34-36(20(7)8,21(9)10)22(11)12/h14-22,31H,1-13H3. The van der Waals surface area contributed by atoms with Crippen molar-refractivity contribution in [2.45, 2.75) is 116 Å². The normalized spacial score (nSPS) is 13.2. The number of benzene rings is 2. The highest BCUT2D eigenvalue weighted by atomic mass is 35.5. The van der Waals surface area contributed by atoms with Gasteiger partial charge in [-0.2, -0.15) is 0 Å². The van der Waals surface area contributed by atoms with Crippen LogP contribution in [0.15, 0.2) is 18.2 Å². The summed E-state index contributed by atoms with van der Waals surface area (Å²) in [5.41, 5.74) is 2.48. The molecule has 0 radical (unpaired) electrons. The zero-order valence-corrected chi connectivity index (χ0v) is 27.5. The van der Waals surface area contributed by atoms with Crippen molar-refractivity contribution >= 4 is 39.0 Å². The fourth-order valence-electron chi connectivity index (χ4n) is 6.84. The first-order chi connectivity index (χ1) is 16.6. The fourth-order valence-corrected chi connectivity index (χ4v) is 17.5. The molecule has 0 heterocycles. The molecule has 2 aromatic carbocycles. The maximum atomic E-state index is 10.6. The van der Waals surface area contributed by atoms with Crippen LogP contribution in [0.1, 0.15) is 83.1 Å². The summed E-state index contributed by atoms with van der Waals surface area (Å²) in [6.45, 7) is 27.4. The molecule has 0 unspecified atom stereocenters. The van der Waals surface area contributed by atoms with E-state index in [9.17, 15) is 5.11 Å². The molecule has 4 nitrogen and oxygen atoms in total. The predicted octanol–water partition coefficient (Wildman–Crippen LogP) is 10.3. The maximum Gasteiger partial charge on any atom is 0.258 e. The number of halogens is 1. The third-order valence-electron chi connectivity index (χ3n) is 8.25. The van der Waals surface area contributed by atoms with Crippen LogP contribution in [-0.4, -0.2) is 28.9 Å². The Morgan fingerprint density at radius 2 is 1.08 bits per heavy atom. The zero-order chi connectivity index (χ0) is 27.7. The molecular weight excluding hydrogens is 504 g/mol. The van der Waals surface area contributed by atoms with Gasteiger partial charge in [-0.25, -0.2) is 0 Å². The van der Waals surface area contributed by atoms with E-state index >= 15 is 0 Å². The van der Waals surface area contributed by atoms with E-state index in [1.54, 1.807) is 13.2 Å². The Morgan fingerprint density at radius 3 is 1.47 bits per heavy atom. The van der Waals surface area contributed by atoms with Crippen LogP contribution in [0.2, 0.25) is 38.3 Å². The Hall–Kier alpha value is -1.38. The lowest BCUT2D eigenvalue weighted by atomic mass is 10.1. The van der Waals surface area contributed by atoms with Crippen molar-refractivity contribution in [2.24, 2.45) is 0 Å². The lowest BCUT2D eigenvalue weighted by molar-refractivity contribution is 0.410. The number of rotatable bonds is 11. The molecule has 2 aromatic rings. The topological polar surface area (TPSA) is 47.9 Å². The van der Waals surface area contributed by atoms with Gasteiger partial charge in [0.05, 0.1) is 12.5 Å². The van der Waals surface area contributed by atoms with Gasteiger partial charge >= 0.3 is 0 Å². The first-order valence-corrected chi connectivity index (χ1v) is 18.1. The van der Waals surface area contributed by atoms with E-state index in [1.807, 2.05) is 6.07 Å². The summed E-state index contributed by atoms with van der Waals surface area (Å²) in [5.74, 6) is 1.96. The molecule has 0 aromatic heterocycles. The number of methoxy groups -OCH3 is 1. The smallest absolute Gasteiger partial charge is 0.258 e. The predicted molar refractivity (Wildman–Crippen MR) is 161 cm³/mol. The summed E-state index contributed by atoms with van der Waals surface area (Å²) in [5, 5.41) is 12.4. The van der Waals surface area contributed by atoms with Gasteiger partial charge in [0.15, 0.2) is 5.75 Å². The molecule has 2 rings (SSSR count). The molecule has 204 valence electrons. The van der Waals surface area contributed by atoms with Crippen LogP contribution in [0, 0.1) is 0 Å². The third kappa shape index (κ3) is 5.28. The Kier molecular flexibility index (Phi) is 9.91. The number of hydrogen-bond acceptors (Lipinski definition) is 4. The van der Waals surface area contributed by atoms with Gasteiger partial charge in [-0.1, -0.05) is 94.7 Å². The highest BCUT2D eigenvalue weighted by molar-refractivity contribution is 6.79. The summed E-state index contributed by atoms with van der Waals surface area (Å²) < 4.78 is 20.1. The van der Waals surface area contributed by atoms with E-state index in [4.69, 9.17) is 25.2 Å². The lowest BCUT2D eigenvalue weighted by Crippen LogP contribution is -2.51. The van der Waals surface area contributed by atoms with Crippen molar-refractivity contribution in [1.82, 2.24) is 0 Å². The van der Waals surface area contributed by atoms with Crippen molar-refractivity contribution in [3.05, 3.63) is 23.2 Å². The minimum absolute atomic E-state index is 0.00992. The van der Waals surface area contributed by atoms with Crippen molar-refractivity contribution in [3.63, 3.8) is 0 Å². The minimum atomic E-state index is -2.30. The van der Waals surface area contributed by atoms with Crippen molar-refractivity contribution < 1.29 is 18.7 Å². The van der Waals surface area contributed by atoms with E-state index in [0.29, 0.717) is 39.0 Å². The minimum Gasteiger partial charge on any atom is -0.543 e. The molecule has 0 aliphatic heterocycles. The van der Waals surface area contributed by atoms with Crippen LogP contribution in [0.25, 0.3) is 10.8 Å². The molecule has 0 saturated carbocycles. The summed E-state index contributed by atoms with van der Waals surface area (Å²) in [6.07, 6.45) is 0. The van der Waals surface area contributed by atoms with Crippen molar-refractivity contribution in [2.75, 3.05) is 7.11 Å². The summed E-state index contributed by atoms with van der Waals surface area (Å²) in [4.78, 5) is 0. The van der Waals surface area contributed by atoms with Gasteiger partial charge in [-0.15, -0.1) is 0 Å². The monoisotopic (exact) mass is 552 g/mol. The molecule has 0 aliphatic carbocycles. The molecule has 0 fully saturated rings. The lowest BCUT2D eigenvalue weighted by Gasteiger charge is -2.43. The number of hydrogen-bond donors (Lipinski definition) is 1. The second-order valence-corrected chi connectivity index (χ2v) is 23.2. The quantitative estimate of drug-likeness (QED) is 0.281. The average molecular weight is 553 g/mol. The molecule has 0 aliphatic rings. The molecular formula is C29H49ClO4Si2. The Morgan fingerprint density at radius 1 is 0.667 bits per heavy atom. The van der Waals surface area contributed by atoms with Crippen LogP contribution in [-0.2, 0) is 0 Å². The van der Waals surface area contributed by atoms with E-state index < -0.39 is 16.6 Å². The van der Waals surface area contributed by atoms with Gasteiger partial charge in [-0.05, 0) is 50.8 Å². The molecule has 0 bridgehead atoms. The summed E-state index contributed by atoms with van der Waals surface area (Å²) >= 11 is 6.53.